The summed E-state index contributed by atoms with van der Waals surface area (Å²) < 4.78 is 29.9. The number of H-pyrrole nitrogens is 1. The summed E-state index contributed by atoms with van der Waals surface area (Å²) in [6.45, 7) is 9.58. The van der Waals surface area contributed by atoms with Crippen LogP contribution in [-0.4, -0.2) is 61.8 Å². The molecule has 0 saturated carbocycles. The summed E-state index contributed by atoms with van der Waals surface area (Å²) in [6, 6.07) is 6.14. The monoisotopic (exact) mass is 420 g/mol. The Morgan fingerprint density at radius 3 is 2.45 bits per heavy atom. The van der Waals surface area contributed by atoms with E-state index in [0.29, 0.717) is 30.3 Å². The quantitative estimate of drug-likeness (QED) is 0.730. The maximum absolute atomic E-state index is 13.2. The minimum Gasteiger partial charge on any atom is -0.310 e. The van der Waals surface area contributed by atoms with E-state index in [-0.39, 0.29) is 0 Å². The number of sulfonamides is 1. The number of pyridine rings is 1. The number of nitrogens with one attached hydrogen (secondary N) is 2. The number of rotatable bonds is 5. The number of aryl methyl sites for hydroxylation is 1. The summed E-state index contributed by atoms with van der Waals surface area (Å²) in [5.41, 5.74) is 1.38. The molecule has 29 heavy (non-hydrogen) atoms. The highest BCUT2D eigenvalue weighted by molar-refractivity contribution is 7.89. The lowest BCUT2D eigenvalue weighted by Crippen LogP contribution is -3.14. The van der Waals surface area contributed by atoms with Gasteiger partial charge in [-0.2, -0.15) is 9.40 Å². The molecule has 0 amide bonds. The third-order valence-corrected chi connectivity index (χ3v) is 8.26. The van der Waals surface area contributed by atoms with E-state index in [1.807, 2.05) is 36.9 Å². The van der Waals surface area contributed by atoms with E-state index in [9.17, 15) is 8.42 Å². The minimum atomic E-state index is -3.46. The molecule has 4 heterocycles. The van der Waals surface area contributed by atoms with E-state index in [0.717, 1.165) is 57.0 Å². The Morgan fingerprint density at radius 1 is 1.07 bits per heavy atom. The molecule has 2 aromatic rings. The molecule has 2 fully saturated rings. The number of aromatic nitrogens is 3. The zero-order valence-electron chi connectivity index (χ0n) is 17.4. The Labute approximate surface area is 173 Å². The van der Waals surface area contributed by atoms with Crippen molar-refractivity contribution in [3.8, 4) is 0 Å². The second-order valence-corrected chi connectivity index (χ2v) is 9.98. The van der Waals surface area contributed by atoms with Gasteiger partial charge in [-0.1, -0.05) is 12.5 Å². The van der Waals surface area contributed by atoms with E-state index < -0.39 is 10.0 Å². The molecule has 2 aliphatic heterocycles. The Hall–Kier alpha value is -1.97. The molecule has 0 unspecified atom stereocenters. The zero-order chi connectivity index (χ0) is 20.4. The minimum absolute atomic E-state index is 0.413. The Morgan fingerprint density at radius 2 is 1.79 bits per heavy atom. The molecule has 0 radical (unpaired) electrons. The fourth-order valence-electron chi connectivity index (χ4n) is 4.46. The van der Waals surface area contributed by atoms with Crippen LogP contribution in [0.25, 0.3) is 0 Å². The Balaban J connectivity index is 1.45. The summed E-state index contributed by atoms with van der Waals surface area (Å²) in [6.07, 6.45) is 4.95. The molecule has 2 saturated heterocycles. The average Bonchev–Trinajstić information content (AvgIpc) is 3.03. The predicted molar refractivity (Wildman–Crippen MR) is 110 cm³/mol. The first kappa shape index (κ1) is 20.3. The summed E-state index contributed by atoms with van der Waals surface area (Å²) in [5, 5.41) is 4.61. The average molecular weight is 421 g/mol. The van der Waals surface area contributed by atoms with Crippen LogP contribution >= 0.6 is 0 Å². The van der Waals surface area contributed by atoms with Gasteiger partial charge in [0.15, 0.2) is 6.67 Å². The van der Waals surface area contributed by atoms with Gasteiger partial charge in [0.25, 0.3) is 5.82 Å². The van der Waals surface area contributed by atoms with Crippen molar-refractivity contribution < 1.29 is 18.3 Å². The van der Waals surface area contributed by atoms with Crippen molar-refractivity contribution in [3.05, 3.63) is 35.8 Å². The Kier molecular flexibility index (Phi) is 5.89. The lowest BCUT2D eigenvalue weighted by molar-refractivity contribution is -0.924. The molecule has 4 rings (SSSR count). The number of hydrogen-bond acceptors (Lipinski definition) is 4. The molecule has 9 heteroatoms. The topological polar surface area (TPSA) is 77.0 Å². The molecule has 0 atom stereocenters. The van der Waals surface area contributed by atoms with Gasteiger partial charge in [-0.3, -0.25) is 4.90 Å². The second-order valence-electron chi connectivity index (χ2n) is 8.11. The lowest BCUT2D eigenvalue weighted by atomic mass is 10.2. The van der Waals surface area contributed by atoms with Crippen LogP contribution in [0.1, 0.15) is 30.7 Å². The molecular formula is C20H32N6O2S+2. The number of aromatic amines is 1. The first-order chi connectivity index (χ1) is 14.0. The van der Waals surface area contributed by atoms with Crippen molar-refractivity contribution in [1.29, 1.82) is 0 Å². The van der Waals surface area contributed by atoms with E-state index in [1.165, 1.54) is 4.90 Å². The van der Waals surface area contributed by atoms with Gasteiger partial charge in [0, 0.05) is 19.2 Å². The maximum atomic E-state index is 13.2. The molecule has 0 aliphatic carbocycles. The first-order valence-corrected chi connectivity index (χ1v) is 12.0. The maximum Gasteiger partial charge on any atom is 0.274 e. The van der Waals surface area contributed by atoms with Gasteiger partial charge in [-0.05, 0) is 32.8 Å². The van der Waals surface area contributed by atoms with Crippen molar-refractivity contribution >= 4 is 15.8 Å². The van der Waals surface area contributed by atoms with Crippen LogP contribution in [0.15, 0.2) is 29.3 Å². The second kappa shape index (κ2) is 8.41. The molecular weight excluding hydrogens is 388 g/mol. The van der Waals surface area contributed by atoms with Crippen molar-refractivity contribution in [2.45, 2.75) is 44.7 Å². The van der Waals surface area contributed by atoms with E-state index in [1.54, 1.807) is 4.31 Å². The van der Waals surface area contributed by atoms with Gasteiger partial charge in [0.1, 0.15) is 31.1 Å². The zero-order valence-corrected chi connectivity index (χ0v) is 18.2. The van der Waals surface area contributed by atoms with Gasteiger partial charge in [-0.15, -0.1) is 0 Å². The normalized spacial score (nSPS) is 19.6. The molecule has 2 aliphatic rings. The van der Waals surface area contributed by atoms with Gasteiger partial charge in [0.2, 0.25) is 10.0 Å². The largest absolute Gasteiger partial charge is 0.310 e. The number of anilines is 1. The molecule has 0 spiro atoms. The third-order valence-electron chi connectivity index (χ3n) is 6.11. The van der Waals surface area contributed by atoms with Crippen molar-refractivity contribution in [1.82, 2.24) is 14.1 Å². The summed E-state index contributed by atoms with van der Waals surface area (Å²) in [4.78, 5) is 7.49. The summed E-state index contributed by atoms with van der Waals surface area (Å²) >= 11 is 0. The van der Waals surface area contributed by atoms with E-state index in [4.69, 9.17) is 0 Å². The number of piperidine rings is 1. The van der Waals surface area contributed by atoms with Crippen LogP contribution < -0.4 is 14.8 Å². The fraction of sp³-hybridized carbons (Fsp3) is 0.600. The van der Waals surface area contributed by atoms with Crippen molar-refractivity contribution in [2.75, 3.05) is 44.2 Å². The van der Waals surface area contributed by atoms with E-state index in [2.05, 4.69) is 21.0 Å². The highest BCUT2D eigenvalue weighted by Gasteiger charge is 2.33. The van der Waals surface area contributed by atoms with E-state index >= 15 is 0 Å². The summed E-state index contributed by atoms with van der Waals surface area (Å²) in [7, 11) is -3.46. The SMILES string of the molecule is Cc1nn(C[NH+]2CCN(c3cccc[nH+]3)CC2)c(C)c1S(=O)(=O)N1CCCCC1. The molecule has 158 valence electrons. The van der Waals surface area contributed by atoms with Crippen LogP contribution in [-0.2, 0) is 16.7 Å². The first-order valence-electron chi connectivity index (χ1n) is 10.6. The molecule has 0 bridgehead atoms. The highest BCUT2D eigenvalue weighted by atomic mass is 32.2. The number of nitrogens with zero attached hydrogens (tertiary/aromatic N) is 4. The van der Waals surface area contributed by atoms with Gasteiger partial charge < -0.3 is 4.90 Å². The van der Waals surface area contributed by atoms with Crippen LogP contribution in [0.2, 0.25) is 0 Å². The van der Waals surface area contributed by atoms with Gasteiger partial charge >= 0.3 is 0 Å². The van der Waals surface area contributed by atoms with Crippen LogP contribution in [0.4, 0.5) is 5.82 Å². The highest BCUT2D eigenvalue weighted by Crippen LogP contribution is 2.25. The number of piperazine rings is 1. The predicted octanol–water partition coefficient (Wildman–Crippen LogP) is -0.149. The van der Waals surface area contributed by atoms with Crippen molar-refractivity contribution in [3.63, 3.8) is 0 Å². The smallest absolute Gasteiger partial charge is 0.274 e. The fourth-order valence-corrected chi connectivity index (χ4v) is 6.35. The van der Waals surface area contributed by atoms with Crippen molar-refractivity contribution in [2.24, 2.45) is 0 Å². The third kappa shape index (κ3) is 4.17. The van der Waals surface area contributed by atoms with Gasteiger partial charge in [0.05, 0.1) is 17.6 Å². The van der Waals surface area contributed by atoms with Crippen LogP contribution in [0.3, 0.4) is 0 Å². The summed E-state index contributed by atoms with van der Waals surface area (Å²) in [5.74, 6) is 1.15. The van der Waals surface area contributed by atoms with Crippen LogP contribution in [0, 0.1) is 13.8 Å². The molecule has 2 N–H and O–H groups in total. The van der Waals surface area contributed by atoms with Crippen LogP contribution in [0.5, 0.6) is 0 Å². The standard InChI is InChI=1S/C20H30N6O2S/c1-17-20(29(27,28)25-10-6-3-7-11-25)18(2)26(22-17)16-23-12-14-24(15-13-23)19-8-4-5-9-21-19/h4-5,8-9H,3,6-7,10-16H2,1-2H3/p+2. The molecule has 0 aromatic carbocycles. The molecule has 8 nitrogen and oxygen atoms in total. The number of quaternary nitrogens is 1. The number of hydrogen-bond donors (Lipinski definition) is 1. The Bertz CT molecular complexity index is 929. The van der Waals surface area contributed by atoms with Gasteiger partial charge in [-0.25, -0.2) is 18.1 Å². The molecule has 2 aromatic heterocycles. The lowest BCUT2D eigenvalue weighted by Gasteiger charge is -2.28.